The highest BCUT2D eigenvalue weighted by Crippen LogP contribution is 2.32. The number of carbonyl (C=O) groups is 1. The maximum Gasteiger partial charge on any atom is 0.230 e. The summed E-state index contributed by atoms with van der Waals surface area (Å²) >= 11 is 0. The summed E-state index contributed by atoms with van der Waals surface area (Å²) in [5.41, 5.74) is 5.21. The number of rotatable bonds is 2. The van der Waals surface area contributed by atoms with Crippen molar-refractivity contribution in [1.82, 2.24) is 4.57 Å². The number of para-hydroxylation sites is 1. The number of hydrogen-bond acceptors (Lipinski definition) is 3. The van der Waals surface area contributed by atoms with Crippen molar-refractivity contribution in [2.24, 2.45) is 5.92 Å². The first kappa shape index (κ1) is 18.5. The van der Waals surface area contributed by atoms with Crippen molar-refractivity contribution in [2.75, 3.05) is 22.9 Å². The van der Waals surface area contributed by atoms with Gasteiger partial charge in [0.15, 0.2) is 0 Å². The molecule has 0 bridgehead atoms. The smallest absolute Gasteiger partial charge is 0.230 e. The van der Waals surface area contributed by atoms with Crippen molar-refractivity contribution in [2.45, 2.75) is 25.9 Å². The maximum atomic E-state index is 13.6. The lowest BCUT2D eigenvalue weighted by molar-refractivity contribution is -0.123. The summed E-state index contributed by atoms with van der Waals surface area (Å²) in [6.07, 6.45) is 3.78. The average molecular weight is 396 g/mol. The predicted octanol–water partition coefficient (Wildman–Crippen LogP) is 4.17. The molecule has 150 valence electrons. The van der Waals surface area contributed by atoms with Crippen molar-refractivity contribution in [1.29, 1.82) is 5.26 Å². The number of carbonyl (C=O) groups excluding carboxylic acids is 1. The van der Waals surface area contributed by atoms with E-state index in [-0.39, 0.29) is 11.8 Å². The third-order valence-electron chi connectivity index (χ3n) is 6.34. The molecule has 0 N–H and O–H groups in total. The number of nitriles is 1. The zero-order valence-electron chi connectivity index (χ0n) is 16.9. The molecule has 2 aliphatic heterocycles. The van der Waals surface area contributed by atoms with E-state index in [0.29, 0.717) is 12.1 Å². The summed E-state index contributed by atoms with van der Waals surface area (Å²) in [7, 11) is 0. The maximum absolute atomic E-state index is 13.6. The summed E-state index contributed by atoms with van der Waals surface area (Å²) < 4.78 is 2.24. The van der Waals surface area contributed by atoms with E-state index in [4.69, 9.17) is 5.26 Å². The Kier molecular flexibility index (Phi) is 4.76. The number of fused-ring (bicyclic) bond motifs is 2. The lowest BCUT2D eigenvalue weighted by Crippen LogP contribution is -2.42. The fraction of sp³-hybridized carbons (Fsp3) is 0.280. The second-order valence-electron chi connectivity index (χ2n) is 8.10. The minimum Gasteiger partial charge on any atom is -0.371 e. The van der Waals surface area contributed by atoms with Crippen molar-refractivity contribution >= 4 is 17.3 Å². The van der Waals surface area contributed by atoms with Gasteiger partial charge in [-0.1, -0.05) is 18.2 Å². The van der Waals surface area contributed by atoms with Crippen molar-refractivity contribution < 1.29 is 4.79 Å². The number of anilines is 2. The zero-order valence-corrected chi connectivity index (χ0v) is 16.9. The monoisotopic (exact) mass is 396 g/mol. The van der Waals surface area contributed by atoms with Gasteiger partial charge >= 0.3 is 0 Å². The summed E-state index contributed by atoms with van der Waals surface area (Å²) in [6, 6.07) is 22.3. The van der Waals surface area contributed by atoms with Crippen LogP contribution in [0.1, 0.15) is 29.7 Å². The lowest BCUT2D eigenvalue weighted by atomic mass is 9.94. The number of hydrogen-bond donors (Lipinski definition) is 0. The Balaban J connectivity index is 1.33. The van der Waals surface area contributed by atoms with E-state index in [1.807, 2.05) is 41.3 Å². The Morgan fingerprint density at radius 1 is 0.933 bits per heavy atom. The highest BCUT2D eigenvalue weighted by atomic mass is 16.2. The average Bonchev–Trinajstić information content (AvgIpc) is 3.18. The van der Waals surface area contributed by atoms with E-state index in [0.717, 1.165) is 43.9 Å². The van der Waals surface area contributed by atoms with Crippen LogP contribution in [0.15, 0.2) is 66.9 Å². The second kappa shape index (κ2) is 7.72. The van der Waals surface area contributed by atoms with Crippen LogP contribution < -0.4 is 9.80 Å². The van der Waals surface area contributed by atoms with Gasteiger partial charge in [-0.3, -0.25) is 4.79 Å². The third kappa shape index (κ3) is 3.35. The quantitative estimate of drug-likeness (QED) is 0.653. The minimum atomic E-state index is 0.0363. The SMILES string of the molecule is N#Cc1ccc(N2CCC(C(=O)N3Cc4cccn4Cc4ccccc43)CC2)cc1. The van der Waals surface area contributed by atoms with Gasteiger partial charge in [-0.15, -0.1) is 0 Å². The molecule has 2 aliphatic rings. The molecule has 0 saturated carbocycles. The molecule has 5 rings (SSSR count). The first-order valence-corrected chi connectivity index (χ1v) is 10.5. The molecule has 1 amide bonds. The van der Waals surface area contributed by atoms with E-state index in [1.54, 1.807) is 0 Å². The second-order valence-corrected chi connectivity index (χ2v) is 8.10. The van der Waals surface area contributed by atoms with Gasteiger partial charge in [0, 0.05) is 48.8 Å². The lowest BCUT2D eigenvalue weighted by Gasteiger charge is -2.35. The van der Waals surface area contributed by atoms with Gasteiger partial charge < -0.3 is 14.4 Å². The highest BCUT2D eigenvalue weighted by Gasteiger charge is 2.31. The normalized spacial score (nSPS) is 16.4. The Labute approximate surface area is 176 Å². The molecule has 0 spiro atoms. The van der Waals surface area contributed by atoms with Gasteiger partial charge in [-0.2, -0.15) is 5.26 Å². The molecule has 1 fully saturated rings. The van der Waals surface area contributed by atoms with Crippen LogP contribution in [-0.2, 0) is 17.9 Å². The van der Waals surface area contributed by atoms with E-state index in [9.17, 15) is 4.79 Å². The highest BCUT2D eigenvalue weighted by molar-refractivity contribution is 5.96. The van der Waals surface area contributed by atoms with Crippen LogP contribution in [0.2, 0.25) is 0 Å². The largest absolute Gasteiger partial charge is 0.371 e. The van der Waals surface area contributed by atoms with Crippen molar-refractivity contribution in [3.05, 3.63) is 83.7 Å². The Bertz CT molecular complexity index is 1100. The number of benzene rings is 2. The van der Waals surface area contributed by atoms with Crippen LogP contribution in [0, 0.1) is 17.2 Å². The van der Waals surface area contributed by atoms with Crippen LogP contribution in [-0.4, -0.2) is 23.6 Å². The molecule has 30 heavy (non-hydrogen) atoms. The summed E-state index contributed by atoms with van der Waals surface area (Å²) in [6.45, 7) is 3.14. The molecule has 5 nitrogen and oxygen atoms in total. The summed E-state index contributed by atoms with van der Waals surface area (Å²) in [5, 5.41) is 8.99. The molecular weight excluding hydrogens is 372 g/mol. The molecule has 3 heterocycles. The van der Waals surface area contributed by atoms with Crippen LogP contribution >= 0.6 is 0 Å². The molecule has 3 aromatic rings. The van der Waals surface area contributed by atoms with Crippen LogP contribution in [0.5, 0.6) is 0 Å². The molecule has 0 radical (unpaired) electrons. The number of amides is 1. The van der Waals surface area contributed by atoms with Crippen LogP contribution in [0.25, 0.3) is 0 Å². The third-order valence-corrected chi connectivity index (χ3v) is 6.34. The molecule has 1 saturated heterocycles. The fourth-order valence-corrected chi connectivity index (χ4v) is 4.63. The van der Waals surface area contributed by atoms with Gasteiger partial charge in [0.2, 0.25) is 5.91 Å². The molecule has 1 aromatic heterocycles. The van der Waals surface area contributed by atoms with E-state index in [1.165, 1.54) is 11.3 Å². The van der Waals surface area contributed by atoms with E-state index in [2.05, 4.69) is 46.0 Å². The number of nitrogens with zero attached hydrogens (tertiary/aromatic N) is 4. The zero-order chi connectivity index (χ0) is 20.5. The Morgan fingerprint density at radius 2 is 1.70 bits per heavy atom. The van der Waals surface area contributed by atoms with Gasteiger partial charge in [0.25, 0.3) is 0 Å². The molecular formula is C25H24N4O. The Hall–Kier alpha value is -3.52. The first-order chi connectivity index (χ1) is 14.7. The predicted molar refractivity (Wildman–Crippen MR) is 117 cm³/mol. The molecule has 0 aliphatic carbocycles. The Morgan fingerprint density at radius 3 is 2.47 bits per heavy atom. The van der Waals surface area contributed by atoms with Gasteiger partial charge in [0.1, 0.15) is 0 Å². The molecule has 0 unspecified atom stereocenters. The van der Waals surface area contributed by atoms with E-state index >= 15 is 0 Å². The topological polar surface area (TPSA) is 52.3 Å². The molecule has 5 heteroatoms. The standard InChI is InChI=1S/C25H24N4O/c26-16-19-7-9-22(10-8-19)27-14-11-20(12-15-27)25(30)29-18-23-5-3-13-28(23)17-21-4-1-2-6-24(21)29/h1-10,13,20H,11-12,14-15,17-18H2. The van der Waals surface area contributed by atoms with Gasteiger partial charge in [-0.05, 0) is 60.9 Å². The summed E-state index contributed by atoms with van der Waals surface area (Å²) in [4.78, 5) is 17.9. The molecule has 0 atom stereocenters. The molecule has 2 aromatic carbocycles. The number of piperidine rings is 1. The minimum absolute atomic E-state index is 0.0363. The van der Waals surface area contributed by atoms with Crippen LogP contribution in [0.4, 0.5) is 11.4 Å². The van der Waals surface area contributed by atoms with Crippen molar-refractivity contribution in [3.63, 3.8) is 0 Å². The first-order valence-electron chi connectivity index (χ1n) is 10.5. The number of aromatic nitrogens is 1. The van der Waals surface area contributed by atoms with E-state index < -0.39 is 0 Å². The fourth-order valence-electron chi connectivity index (χ4n) is 4.63. The van der Waals surface area contributed by atoms with Crippen molar-refractivity contribution in [3.8, 4) is 6.07 Å². The van der Waals surface area contributed by atoms with Gasteiger partial charge in [-0.25, -0.2) is 0 Å². The summed E-state index contributed by atoms with van der Waals surface area (Å²) in [5.74, 6) is 0.269. The van der Waals surface area contributed by atoms with Gasteiger partial charge in [0.05, 0.1) is 18.2 Å². The van der Waals surface area contributed by atoms with Crippen LogP contribution in [0.3, 0.4) is 0 Å².